The van der Waals surface area contributed by atoms with Gasteiger partial charge in [0.15, 0.2) is 0 Å². The van der Waals surface area contributed by atoms with Gasteiger partial charge in [-0.2, -0.15) is 0 Å². The molecule has 4 heteroatoms. The number of nitrogens with two attached hydrogens (primary N) is 1. The largest absolute Gasteiger partial charge is 0.478 e. The van der Waals surface area contributed by atoms with Crippen LogP contribution in [-0.4, -0.2) is 11.1 Å². The summed E-state index contributed by atoms with van der Waals surface area (Å²) in [5.41, 5.74) is 5.54. The van der Waals surface area contributed by atoms with Gasteiger partial charge in [-0.15, -0.1) is 0 Å². The summed E-state index contributed by atoms with van der Waals surface area (Å²) in [6, 6.07) is 2.42. The Kier molecular flexibility index (Phi) is 1.99. The van der Waals surface area contributed by atoms with Crippen LogP contribution in [0.1, 0.15) is 15.9 Å². The third-order valence-electron chi connectivity index (χ3n) is 1.52. The van der Waals surface area contributed by atoms with Gasteiger partial charge in [-0.1, -0.05) is 0 Å². The van der Waals surface area contributed by atoms with Gasteiger partial charge >= 0.3 is 5.97 Å². The molecule has 0 bridgehead atoms. The van der Waals surface area contributed by atoms with Crippen molar-refractivity contribution < 1.29 is 14.3 Å². The lowest BCUT2D eigenvalue weighted by atomic mass is 10.1. The summed E-state index contributed by atoms with van der Waals surface area (Å²) >= 11 is 0. The second kappa shape index (κ2) is 2.81. The molecule has 0 fully saturated rings. The summed E-state index contributed by atoms with van der Waals surface area (Å²) in [7, 11) is 0. The number of carboxylic acid groups (broad SMARTS) is 1. The van der Waals surface area contributed by atoms with Gasteiger partial charge in [0.1, 0.15) is 5.82 Å². The van der Waals surface area contributed by atoms with E-state index < -0.39 is 11.8 Å². The van der Waals surface area contributed by atoms with E-state index in [1.807, 2.05) is 0 Å². The minimum atomic E-state index is -1.27. The predicted molar refractivity (Wildman–Crippen MR) is 42.5 cm³/mol. The lowest BCUT2D eigenvalue weighted by Crippen LogP contribution is -2.04. The molecule has 0 aliphatic rings. The molecule has 0 saturated carbocycles. The fourth-order valence-corrected chi connectivity index (χ4v) is 1.04. The smallest absolute Gasteiger partial charge is 0.338 e. The Morgan fingerprint density at radius 1 is 1.58 bits per heavy atom. The lowest BCUT2D eigenvalue weighted by molar-refractivity contribution is 0.0691. The first-order valence-corrected chi connectivity index (χ1v) is 3.31. The molecule has 1 aromatic carbocycles. The molecule has 0 heterocycles. The van der Waals surface area contributed by atoms with Crippen LogP contribution in [0, 0.1) is 12.7 Å². The number of hydrogen-bond donors (Lipinski definition) is 2. The van der Waals surface area contributed by atoms with Gasteiger partial charge in [0.2, 0.25) is 0 Å². The Hall–Kier alpha value is -1.58. The maximum Gasteiger partial charge on any atom is 0.338 e. The molecule has 0 aliphatic carbocycles. The van der Waals surface area contributed by atoms with Gasteiger partial charge < -0.3 is 10.8 Å². The normalized spacial score (nSPS) is 9.83. The van der Waals surface area contributed by atoms with Crippen molar-refractivity contribution in [2.45, 2.75) is 6.92 Å². The van der Waals surface area contributed by atoms with Crippen molar-refractivity contribution >= 4 is 11.7 Å². The van der Waals surface area contributed by atoms with Crippen LogP contribution in [0.2, 0.25) is 0 Å². The predicted octanol–water partition coefficient (Wildman–Crippen LogP) is 1.41. The minimum absolute atomic E-state index is 0.231. The van der Waals surface area contributed by atoms with Crippen LogP contribution in [0.15, 0.2) is 12.1 Å². The third-order valence-corrected chi connectivity index (χ3v) is 1.52. The summed E-state index contributed by atoms with van der Waals surface area (Å²) in [5, 5.41) is 8.56. The van der Waals surface area contributed by atoms with Crippen LogP contribution in [-0.2, 0) is 0 Å². The standard InChI is InChI=1S/C8H8FNO2/c1-4-2-5(10)3-6(9)7(4)8(11)12/h2-3H,10H2,1H3,(H,11,12). The molecule has 0 saturated heterocycles. The number of aromatic carboxylic acids is 1. The van der Waals surface area contributed by atoms with Crippen molar-refractivity contribution in [3.05, 3.63) is 29.1 Å². The second-order valence-corrected chi connectivity index (χ2v) is 2.50. The zero-order chi connectivity index (χ0) is 9.30. The molecule has 0 aromatic heterocycles. The summed E-state index contributed by atoms with van der Waals surface area (Å²) < 4.78 is 12.9. The number of carbonyl (C=O) groups is 1. The Labute approximate surface area is 68.6 Å². The van der Waals surface area contributed by atoms with Crippen LogP contribution >= 0.6 is 0 Å². The molecular formula is C8H8FNO2. The van der Waals surface area contributed by atoms with Crippen LogP contribution < -0.4 is 5.73 Å². The Bertz CT molecular complexity index is 313. The van der Waals surface area contributed by atoms with Crippen molar-refractivity contribution in [1.82, 2.24) is 0 Å². The average Bonchev–Trinajstić information content (AvgIpc) is 1.82. The maximum atomic E-state index is 12.9. The molecule has 0 atom stereocenters. The van der Waals surface area contributed by atoms with Crippen molar-refractivity contribution in [3.63, 3.8) is 0 Å². The first-order valence-electron chi connectivity index (χ1n) is 3.31. The van der Waals surface area contributed by atoms with Crippen LogP contribution in [0.4, 0.5) is 10.1 Å². The monoisotopic (exact) mass is 169 g/mol. The van der Waals surface area contributed by atoms with E-state index in [0.717, 1.165) is 6.07 Å². The second-order valence-electron chi connectivity index (χ2n) is 2.50. The van der Waals surface area contributed by atoms with Crippen molar-refractivity contribution in [1.29, 1.82) is 0 Å². The number of carboxylic acids is 1. The first kappa shape index (κ1) is 8.52. The fraction of sp³-hybridized carbons (Fsp3) is 0.125. The van der Waals surface area contributed by atoms with Crippen molar-refractivity contribution in [2.24, 2.45) is 0 Å². The number of rotatable bonds is 1. The highest BCUT2D eigenvalue weighted by Gasteiger charge is 2.13. The summed E-state index contributed by atoms with van der Waals surface area (Å²) in [6.07, 6.45) is 0. The molecule has 0 amide bonds. The van der Waals surface area contributed by atoms with E-state index in [0.29, 0.717) is 5.56 Å². The molecule has 0 unspecified atom stereocenters. The van der Waals surface area contributed by atoms with E-state index in [9.17, 15) is 9.18 Å². The van der Waals surface area contributed by atoms with Crippen LogP contribution in [0.3, 0.4) is 0 Å². The van der Waals surface area contributed by atoms with E-state index in [2.05, 4.69) is 0 Å². The zero-order valence-corrected chi connectivity index (χ0v) is 6.47. The van der Waals surface area contributed by atoms with E-state index >= 15 is 0 Å². The highest BCUT2D eigenvalue weighted by atomic mass is 19.1. The Morgan fingerprint density at radius 3 is 2.58 bits per heavy atom. The number of hydrogen-bond acceptors (Lipinski definition) is 2. The molecule has 3 nitrogen and oxygen atoms in total. The van der Waals surface area contributed by atoms with Crippen molar-refractivity contribution in [3.8, 4) is 0 Å². The highest BCUT2D eigenvalue weighted by Crippen LogP contribution is 2.16. The van der Waals surface area contributed by atoms with Gasteiger partial charge in [0.25, 0.3) is 0 Å². The molecule has 1 rings (SSSR count). The number of nitrogen functional groups attached to an aromatic ring is 1. The quantitative estimate of drug-likeness (QED) is 0.625. The summed E-state index contributed by atoms with van der Waals surface area (Å²) in [4.78, 5) is 10.5. The van der Waals surface area contributed by atoms with Gasteiger partial charge in [-0.25, -0.2) is 9.18 Å². The van der Waals surface area contributed by atoms with Gasteiger partial charge in [0, 0.05) is 5.69 Å². The van der Waals surface area contributed by atoms with E-state index in [-0.39, 0.29) is 11.3 Å². The zero-order valence-electron chi connectivity index (χ0n) is 6.47. The summed E-state index contributed by atoms with van der Waals surface area (Å²) in [6.45, 7) is 1.50. The van der Waals surface area contributed by atoms with E-state index in [1.165, 1.54) is 13.0 Å². The Morgan fingerprint density at radius 2 is 2.17 bits per heavy atom. The minimum Gasteiger partial charge on any atom is -0.478 e. The van der Waals surface area contributed by atoms with Gasteiger partial charge in [-0.05, 0) is 24.6 Å². The lowest BCUT2D eigenvalue weighted by Gasteiger charge is -2.02. The van der Waals surface area contributed by atoms with Crippen LogP contribution in [0.25, 0.3) is 0 Å². The molecule has 0 radical (unpaired) electrons. The molecule has 0 aliphatic heterocycles. The fourth-order valence-electron chi connectivity index (χ4n) is 1.04. The first-order chi connectivity index (χ1) is 5.52. The number of aryl methyl sites for hydroxylation is 1. The summed E-state index contributed by atoms with van der Waals surface area (Å²) in [5.74, 6) is -2.06. The van der Waals surface area contributed by atoms with Gasteiger partial charge in [-0.3, -0.25) is 0 Å². The van der Waals surface area contributed by atoms with Gasteiger partial charge in [0.05, 0.1) is 5.56 Å². The number of halogens is 1. The number of benzene rings is 1. The van der Waals surface area contributed by atoms with E-state index in [1.54, 1.807) is 0 Å². The third kappa shape index (κ3) is 1.37. The SMILES string of the molecule is Cc1cc(N)cc(F)c1C(=O)O. The Balaban J connectivity index is 3.38. The molecule has 64 valence electrons. The molecule has 3 N–H and O–H groups in total. The highest BCUT2D eigenvalue weighted by molar-refractivity contribution is 5.90. The number of anilines is 1. The molecular weight excluding hydrogens is 161 g/mol. The molecule has 12 heavy (non-hydrogen) atoms. The van der Waals surface area contributed by atoms with Crippen molar-refractivity contribution in [2.75, 3.05) is 5.73 Å². The average molecular weight is 169 g/mol. The topological polar surface area (TPSA) is 63.3 Å². The molecule has 1 aromatic rings. The van der Waals surface area contributed by atoms with E-state index in [4.69, 9.17) is 10.8 Å². The molecule has 0 spiro atoms. The maximum absolute atomic E-state index is 12.9. The van der Waals surface area contributed by atoms with Crippen LogP contribution in [0.5, 0.6) is 0 Å².